The van der Waals surface area contributed by atoms with E-state index in [1.165, 1.54) is 15.6 Å². The molecule has 0 saturated carbocycles. The molecular weight excluding hydrogens is 392 g/mol. The Labute approximate surface area is 161 Å². The van der Waals surface area contributed by atoms with E-state index < -0.39 is 16.1 Å². The molecule has 1 aromatic heterocycles. The van der Waals surface area contributed by atoms with Crippen molar-refractivity contribution in [2.45, 2.75) is 42.0 Å². The molecule has 2 aromatic rings. The molecule has 10 heteroatoms. The van der Waals surface area contributed by atoms with Crippen LogP contribution in [0.2, 0.25) is 0 Å². The highest BCUT2D eigenvalue weighted by Crippen LogP contribution is 2.29. The number of amides is 1. The number of hydrogen-bond donors (Lipinski definition) is 1. The SMILES string of the molecule is CCSc1nnc(NC(=O)[C@@H]2CCCN2S(=O)(=O)c2ccc(C)cc2)s1. The number of thioether (sulfide) groups is 1. The normalized spacial score (nSPS) is 18.2. The molecule has 7 nitrogen and oxygen atoms in total. The van der Waals surface area contributed by atoms with E-state index in [0.29, 0.717) is 24.5 Å². The number of aromatic nitrogens is 2. The lowest BCUT2D eigenvalue weighted by atomic mass is 10.2. The number of benzene rings is 1. The Kier molecular flexibility index (Phi) is 5.96. The Morgan fingerprint density at radius 1 is 1.35 bits per heavy atom. The molecule has 3 rings (SSSR count). The highest BCUT2D eigenvalue weighted by atomic mass is 32.2. The van der Waals surface area contributed by atoms with Crippen LogP contribution in [0.1, 0.15) is 25.3 Å². The number of rotatable bonds is 6. The molecule has 0 aliphatic carbocycles. The first-order valence-corrected chi connectivity index (χ1v) is 11.5. The van der Waals surface area contributed by atoms with Crippen molar-refractivity contribution in [1.82, 2.24) is 14.5 Å². The zero-order valence-corrected chi connectivity index (χ0v) is 17.0. The smallest absolute Gasteiger partial charge is 0.244 e. The Morgan fingerprint density at radius 3 is 2.77 bits per heavy atom. The van der Waals surface area contributed by atoms with E-state index in [2.05, 4.69) is 15.5 Å². The summed E-state index contributed by atoms with van der Waals surface area (Å²) in [6.07, 6.45) is 1.14. The Morgan fingerprint density at radius 2 is 2.08 bits per heavy atom. The molecule has 1 aromatic carbocycles. The molecule has 0 unspecified atom stereocenters. The molecular formula is C16H20N4O3S3. The van der Waals surface area contributed by atoms with Crippen LogP contribution in [-0.4, -0.2) is 47.2 Å². The standard InChI is InChI=1S/C16H20N4O3S3/c1-3-24-16-19-18-15(25-16)17-14(21)13-5-4-10-20(13)26(22,23)12-8-6-11(2)7-9-12/h6-9,13H,3-5,10H2,1-2H3,(H,17,18,21)/t13-/m0/s1. The molecule has 2 heterocycles. The first-order valence-electron chi connectivity index (χ1n) is 8.27. The molecule has 0 spiro atoms. The summed E-state index contributed by atoms with van der Waals surface area (Å²) in [7, 11) is -3.71. The van der Waals surface area contributed by atoms with E-state index in [1.807, 2.05) is 13.8 Å². The van der Waals surface area contributed by atoms with Crippen LogP contribution in [0.25, 0.3) is 0 Å². The van der Waals surface area contributed by atoms with Crippen LogP contribution in [0.4, 0.5) is 5.13 Å². The Balaban J connectivity index is 1.76. The van der Waals surface area contributed by atoms with Crippen molar-refractivity contribution < 1.29 is 13.2 Å². The third-order valence-electron chi connectivity index (χ3n) is 4.04. The summed E-state index contributed by atoms with van der Waals surface area (Å²) in [5.74, 6) is 0.510. The van der Waals surface area contributed by atoms with Crippen LogP contribution in [-0.2, 0) is 14.8 Å². The molecule has 26 heavy (non-hydrogen) atoms. The van der Waals surface area contributed by atoms with Gasteiger partial charge < -0.3 is 0 Å². The van der Waals surface area contributed by atoms with Gasteiger partial charge in [0, 0.05) is 6.54 Å². The Hall–Kier alpha value is -1.49. The fourth-order valence-electron chi connectivity index (χ4n) is 2.77. The van der Waals surface area contributed by atoms with Gasteiger partial charge in [-0.05, 0) is 37.7 Å². The average Bonchev–Trinajstić information content (AvgIpc) is 3.25. The molecule has 1 N–H and O–H groups in total. The number of hydrogen-bond acceptors (Lipinski definition) is 7. The molecule has 0 bridgehead atoms. The van der Waals surface area contributed by atoms with Crippen molar-refractivity contribution in [2.75, 3.05) is 17.6 Å². The van der Waals surface area contributed by atoms with Gasteiger partial charge in [-0.3, -0.25) is 10.1 Å². The summed E-state index contributed by atoms with van der Waals surface area (Å²) in [5, 5.41) is 11.0. The second-order valence-corrected chi connectivity index (χ2v) is 10.3. The van der Waals surface area contributed by atoms with Crippen LogP contribution in [0.5, 0.6) is 0 Å². The minimum atomic E-state index is -3.71. The van der Waals surface area contributed by atoms with Crippen molar-refractivity contribution in [3.63, 3.8) is 0 Å². The van der Waals surface area contributed by atoms with Gasteiger partial charge in [0.25, 0.3) is 0 Å². The van der Waals surface area contributed by atoms with Crippen LogP contribution in [0.15, 0.2) is 33.5 Å². The van der Waals surface area contributed by atoms with Crippen molar-refractivity contribution in [1.29, 1.82) is 0 Å². The fraction of sp³-hybridized carbons (Fsp3) is 0.438. The van der Waals surface area contributed by atoms with Crippen LogP contribution in [0.3, 0.4) is 0 Å². The lowest BCUT2D eigenvalue weighted by Gasteiger charge is -2.23. The first-order chi connectivity index (χ1) is 12.4. The molecule has 1 aliphatic heterocycles. The van der Waals surface area contributed by atoms with Gasteiger partial charge in [-0.2, -0.15) is 4.31 Å². The van der Waals surface area contributed by atoms with Crippen LogP contribution >= 0.6 is 23.1 Å². The van der Waals surface area contributed by atoms with Crippen LogP contribution < -0.4 is 5.32 Å². The summed E-state index contributed by atoms with van der Waals surface area (Å²) in [5.41, 5.74) is 0.983. The van der Waals surface area contributed by atoms with Crippen molar-refractivity contribution in [2.24, 2.45) is 0 Å². The maximum Gasteiger partial charge on any atom is 0.244 e. The summed E-state index contributed by atoms with van der Waals surface area (Å²) in [4.78, 5) is 12.8. The zero-order chi connectivity index (χ0) is 18.7. The molecule has 1 saturated heterocycles. The summed E-state index contributed by atoms with van der Waals surface area (Å²) < 4.78 is 27.9. The molecule has 0 radical (unpaired) electrons. The van der Waals surface area contributed by atoms with Gasteiger partial charge in [0.2, 0.25) is 21.1 Å². The van der Waals surface area contributed by atoms with E-state index in [9.17, 15) is 13.2 Å². The van der Waals surface area contributed by atoms with Crippen LogP contribution in [0, 0.1) is 6.92 Å². The quantitative estimate of drug-likeness (QED) is 0.579. The highest BCUT2D eigenvalue weighted by Gasteiger charge is 2.39. The zero-order valence-electron chi connectivity index (χ0n) is 14.5. The number of nitrogens with one attached hydrogen (secondary N) is 1. The molecule has 1 fully saturated rings. The monoisotopic (exact) mass is 412 g/mol. The summed E-state index contributed by atoms with van der Waals surface area (Å²) >= 11 is 2.84. The number of sulfonamides is 1. The highest BCUT2D eigenvalue weighted by molar-refractivity contribution is 8.01. The minimum Gasteiger partial charge on any atom is -0.299 e. The lowest BCUT2D eigenvalue weighted by molar-refractivity contribution is -0.119. The number of nitrogens with zero attached hydrogens (tertiary/aromatic N) is 3. The van der Waals surface area contributed by atoms with Gasteiger partial charge in [-0.1, -0.05) is 47.7 Å². The van der Waals surface area contributed by atoms with Gasteiger partial charge in [-0.15, -0.1) is 10.2 Å². The Bertz CT molecular complexity index is 880. The van der Waals surface area contributed by atoms with E-state index in [1.54, 1.807) is 36.0 Å². The van der Waals surface area contributed by atoms with Crippen molar-refractivity contribution >= 4 is 44.2 Å². The first kappa shape index (κ1) is 19.3. The van der Waals surface area contributed by atoms with E-state index in [4.69, 9.17) is 0 Å². The molecule has 1 amide bonds. The van der Waals surface area contributed by atoms with Gasteiger partial charge in [0.05, 0.1) is 4.90 Å². The average molecular weight is 413 g/mol. The van der Waals surface area contributed by atoms with E-state index >= 15 is 0 Å². The van der Waals surface area contributed by atoms with E-state index in [-0.39, 0.29) is 10.8 Å². The fourth-order valence-corrected chi connectivity index (χ4v) is 6.07. The predicted octanol–water partition coefficient (Wildman–Crippen LogP) is 2.75. The number of carbonyl (C=O) groups is 1. The van der Waals surface area contributed by atoms with E-state index in [0.717, 1.165) is 15.7 Å². The topological polar surface area (TPSA) is 92.3 Å². The largest absolute Gasteiger partial charge is 0.299 e. The molecule has 140 valence electrons. The summed E-state index contributed by atoms with van der Waals surface area (Å²) in [6, 6.07) is 5.94. The molecule has 1 aliphatic rings. The second-order valence-electron chi connectivity index (χ2n) is 5.88. The third-order valence-corrected chi connectivity index (χ3v) is 7.81. The van der Waals surface area contributed by atoms with Gasteiger partial charge in [-0.25, -0.2) is 8.42 Å². The number of anilines is 1. The maximum atomic E-state index is 12.9. The second kappa shape index (κ2) is 8.03. The van der Waals surface area contributed by atoms with Crippen molar-refractivity contribution in [3.05, 3.63) is 29.8 Å². The van der Waals surface area contributed by atoms with Gasteiger partial charge >= 0.3 is 0 Å². The summed E-state index contributed by atoms with van der Waals surface area (Å²) in [6.45, 7) is 4.24. The van der Waals surface area contributed by atoms with Gasteiger partial charge in [0.1, 0.15) is 6.04 Å². The number of carbonyl (C=O) groups excluding carboxylic acids is 1. The van der Waals surface area contributed by atoms with Gasteiger partial charge in [0.15, 0.2) is 4.34 Å². The molecule has 1 atom stereocenters. The van der Waals surface area contributed by atoms with Crippen molar-refractivity contribution in [3.8, 4) is 0 Å². The predicted molar refractivity (Wildman–Crippen MR) is 103 cm³/mol. The lowest BCUT2D eigenvalue weighted by Crippen LogP contribution is -2.43. The third kappa shape index (κ3) is 4.08. The number of aryl methyl sites for hydroxylation is 1. The maximum absolute atomic E-state index is 12.9. The minimum absolute atomic E-state index is 0.209.